The molecule has 0 saturated carbocycles. The Bertz CT molecular complexity index is 986. The molecule has 0 spiro atoms. The lowest BCUT2D eigenvalue weighted by molar-refractivity contribution is -0.137. The molecule has 0 bridgehead atoms. The van der Waals surface area contributed by atoms with Gasteiger partial charge in [-0.3, -0.25) is 4.79 Å². The summed E-state index contributed by atoms with van der Waals surface area (Å²) in [6.45, 7) is 2.57. The highest BCUT2D eigenvalue weighted by Crippen LogP contribution is 2.30. The van der Waals surface area contributed by atoms with Crippen LogP contribution in [0.15, 0.2) is 53.9 Å². The molecule has 0 fully saturated rings. The van der Waals surface area contributed by atoms with E-state index in [1.807, 2.05) is 13.0 Å². The average molecular weight is 420 g/mol. The summed E-state index contributed by atoms with van der Waals surface area (Å²) in [4.78, 5) is 16.4. The van der Waals surface area contributed by atoms with E-state index < -0.39 is 11.7 Å². The van der Waals surface area contributed by atoms with E-state index >= 15 is 0 Å². The standard InChI is InChI=1S/C21H19F3N2O2S/c1-2-9-25-19(27)18-13-29-20(26-18)15-6-4-8-17(11-15)28-12-14-5-3-7-16(10-14)21(22,23)24/h3-8,10-11,13H,2,9,12H2,1H3,(H,25,27). The van der Waals surface area contributed by atoms with Crippen molar-refractivity contribution in [2.75, 3.05) is 6.54 Å². The Morgan fingerprint density at radius 1 is 1.17 bits per heavy atom. The van der Waals surface area contributed by atoms with E-state index in [1.54, 1.807) is 29.6 Å². The summed E-state index contributed by atoms with van der Waals surface area (Å²) in [6.07, 6.45) is -3.55. The molecule has 3 aromatic rings. The number of hydrogen-bond acceptors (Lipinski definition) is 4. The van der Waals surface area contributed by atoms with Crippen LogP contribution >= 0.6 is 11.3 Å². The Hall–Kier alpha value is -2.87. The molecule has 0 saturated heterocycles. The maximum Gasteiger partial charge on any atom is 0.416 e. The number of rotatable bonds is 7. The molecule has 0 aliphatic rings. The fourth-order valence-corrected chi connectivity index (χ4v) is 3.36. The second kappa shape index (κ2) is 9.09. The summed E-state index contributed by atoms with van der Waals surface area (Å²) < 4.78 is 44.1. The molecule has 152 valence electrons. The van der Waals surface area contributed by atoms with Crippen molar-refractivity contribution in [1.82, 2.24) is 10.3 Å². The van der Waals surface area contributed by atoms with Crippen LogP contribution in [0, 0.1) is 0 Å². The summed E-state index contributed by atoms with van der Waals surface area (Å²) in [7, 11) is 0. The highest BCUT2D eigenvalue weighted by molar-refractivity contribution is 7.13. The molecular weight excluding hydrogens is 401 g/mol. The number of nitrogens with one attached hydrogen (secondary N) is 1. The van der Waals surface area contributed by atoms with Crippen molar-refractivity contribution in [2.24, 2.45) is 0 Å². The molecule has 29 heavy (non-hydrogen) atoms. The van der Waals surface area contributed by atoms with Gasteiger partial charge in [0.1, 0.15) is 23.1 Å². The number of halogens is 3. The first-order valence-corrected chi connectivity index (χ1v) is 9.88. The van der Waals surface area contributed by atoms with Crippen LogP contribution in [0.3, 0.4) is 0 Å². The lowest BCUT2D eigenvalue weighted by atomic mass is 10.1. The first kappa shape index (κ1) is 20.9. The predicted octanol–water partition coefficient (Wildman–Crippen LogP) is 5.55. The van der Waals surface area contributed by atoms with Gasteiger partial charge in [0.15, 0.2) is 0 Å². The number of hydrogen-bond donors (Lipinski definition) is 1. The Kier molecular flexibility index (Phi) is 6.53. The van der Waals surface area contributed by atoms with Gasteiger partial charge in [-0.2, -0.15) is 13.2 Å². The minimum atomic E-state index is -4.39. The van der Waals surface area contributed by atoms with Crippen molar-refractivity contribution in [1.29, 1.82) is 0 Å². The quantitative estimate of drug-likeness (QED) is 0.545. The first-order chi connectivity index (χ1) is 13.9. The molecule has 0 unspecified atom stereocenters. The zero-order valence-electron chi connectivity index (χ0n) is 15.6. The number of amides is 1. The molecule has 0 radical (unpaired) electrons. The lowest BCUT2D eigenvalue weighted by Crippen LogP contribution is -2.24. The molecule has 1 heterocycles. The van der Waals surface area contributed by atoms with Gasteiger partial charge in [-0.25, -0.2) is 4.98 Å². The maximum absolute atomic E-state index is 12.8. The van der Waals surface area contributed by atoms with Crippen molar-refractivity contribution in [2.45, 2.75) is 26.1 Å². The first-order valence-electron chi connectivity index (χ1n) is 9.00. The topological polar surface area (TPSA) is 51.2 Å². The van der Waals surface area contributed by atoms with Crippen molar-refractivity contribution in [3.05, 3.63) is 70.7 Å². The van der Waals surface area contributed by atoms with Crippen molar-refractivity contribution >= 4 is 17.2 Å². The van der Waals surface area contributed by atoms with E-state index in [1.165, 1.54) is 17.4 Å². The summed E-state index contributed by atoms with van der Waals surface area (Å²) in [5.41, 5.74) is 0.846. The Labute approximate surface area is 170 Å². The van der Waals surface area contributed by atoms with Gasteiger partial charge < -0.3 is 10.1 Å². The third-order valence-corrected chi connectivity index (χ3v) is 4.90. The number of carbonyl (C=O) groups is 1. The van der Waals surface area contributed by atoms with Crippen LogP contribution in [0.2, 0.25) is 0 Å². The smallest absolute Gasteiger partial charge is 0.416 e. The summed E-state index contributed by atoms with van der Waals surface area (Å²) in [5, 5.41) is 5.13. The van der Waals surface area contributed by atoms with Crippen molar-refractivity contribution < 1.29 is 22.7 Å². The van der Waals surface area contributed by atoms with Gasteiger partial charge in [0.05, 0.1) is 5.56 Å². The molecule has 0 aliphatic carbocycles. The molecule has 2 aromatic carbocycles. The Morgan fingerprint density at radius 3 is 2.72 bits per heavy atom. The summed E-state index contributed by atoms with van der Waals surface area (Å²) in [6, 6.07) is 12.1. The second-order valence-electron chi connectivity index (χ2n) is 6.31. The van der Waals surface area contributed by atoms with Crippen LogP contribution in [0.4, 0.5) is 13.2 Å². The third kappa shape index (κ3) is 5.57. The highest BCUT2D eigenvalue weighted by atomic mass is 32.1. The van der Waals surface area contributed by atoms with E-state index in [2.05, 4.69) is 10.3 Å². The minimum Gasteiger partial charge on any atom is -0.489 e. The van der Waals surface area contributed by atoms with Gasteiger partial charge >= 0.3 is 6.18 Å². The number of aromatic nitrogens is 1. The highest BCUT2D eigenvalue weighted by Gasteiger charge is 2.30. The summed E-state index contributed by atoms with van der Waals surface area (Å²) in [5.74, 6) is 0.290. The molecule has 8 heteroatoms. The SMILES string of the molecule is CCCNC(=O)c1csc(-c2cccc(OCc3cccc(C(F)(F)F)c3)c2)n1. The van der Waals surface area contributed by atoms with Gasteiger partial charge in [0.25, 0.3) is 5.91 Å². The second-order valence-corrected chi connectivity index (χ2v) is 7.17. The molecule has 0 atom stereocenters. The zero-order chi connectivity index (χ0) is 20.9. The fraction of sp³-hybridized carbons (Fsp3) is 0.238. The monoisotopic (exact) mass is 420 g/mol. The van der Waals surface area contributed by atoms with Crippen LogP contribution < -0.4 is 10.1 Å². The van der Waals surface area contributed by atoms with Gasteiger partial charge in [0, 0.05) is 17.5 Å². The summed E-state index contributed by atoms with van der Waals surface area (Å²) >= 11 is 1.34. The fourth-order valence-electron chi connectivity index (χ4n) is 2.56. The van der Waals surface area contributed by atoms with E-state index in [9.17, 15) is 18.0 Å². The van der Waals surface area contributed by atoms with Crippen LogP contribution in [0.5, 0.6) is 5.75 Å². The number of thiazole rings is 1. The van der Waals surface area contributed by atoms with Gasteiger partial charge in [-0.05, 0) is 36.2 Å². The zero-order valence-corrected chi connectivity index (χ0v) is 16.4. The average Bonchev–Trinajstić information content (AvgIpc) is 3.21. The molecule has 4 nitrogen and oxygen atoms in total. The largest absolute Gasteiger partial charge is 0.489 e. The number of carbonyl (C=O) groups excluding carboxylic acids is 1. The minimum absolute atomic E-state index is 0.00984. The lowest BCUT2D eigenvalue weighted by Gasteiger charge is -2.10. The normalized spacial score (nSPS) is 11.3. The molecule has 0 aliphatic heterocycles. The van der Waals surface area contributed by atoms with E-state index in [-0.39, 0.29) is 12.5 Å². The molecule has 1 amide bonds. The molecular formula is C21H19F3N2O2S. The van der Waals surface area contributed by atoms with Crippen molar-refractivity contribution in [3.63, 3.8) is 0 Å². The maximum atomic E-state index is 12.8. The number of benzene rings is 2. The third-order valence-electron chi connectivity index (χ3n) is 4.01. The number of nitrogens with zero attached hydrogens (tertiary/aromatic N) is 1. The van der Waals surface area contributed by atoms with Crippen LogP contribution in [-0.2, 0) is 12.8 Å². The van der Waals surface area contributed by atoms with Gasteiger partial charge in [0.2, 0.25) is 0 Å². The van der Waals surface area contributed by atoms with Crippen molar-refractivity contribution in [3.8, 4) is 16.3 Å². The van der Waals surface area contributed by atoms with Crippen LogP contribution in [0.25, 0.3) is 10.6 Å². The molecule has 1 N–H and O–H groups in total. The van der Waals surface area contributed by atoms with E-state index in [0.29, 0.717) is 28.6 Å². The van der Waals surface area contributed by atoms with E-state index in [0.717, 1.165) is 24.1 Å². The number of alkyl halides is 3. The molecule has 1 aromatic heterocycles. The van der Waals surface area contributed by atoms with Gasteiger partial charge in [-0.15, -0.1) is 11.3 Å². The van der Waals surface area contributed by atoms with E-state index in [4.69, 9.17) is 4.74 Å². The van der Waals surface area contributed by atoms with Gasteiger partial charge in [-0.1, -0.05) is 31.2 Å². The predicted molar refractivity (Wildman–Crippen MR) is 106 cm³/mol. The Morgan fingerprint density at radius 2 is 1.97 bits per heavy atom. The van der Waals surface area contributed by atoms with Crippen LogP contribution in [-0.4, -0.2) is 17.4 Å². The van der Waals surface area contributed by atoms with Crippen LogP contribution in [0.1, 0.15) is 35.0 Å². The number of ether oxygens (including phenoxy) is 1. The Balaban J connectivity index is 1.69. The molecule has 3 rings (SSSR count).